The Balaban J connectivity index is 1.61. The predicted octanol–water partition coefficient (Wildman–Crippen LogP) is 3.74. The molecule has 3 aromatic rings. The zero-order chi connectivity index (χ0) is 23.5. The number of carbonyl (C=O) groups excluding carboxylic acids is 3. The number of nitrogen functional groups attached to an aromatic ring is 1. The van der Waals surface area contributed by atoms with Crippen LogP contribution >= 0.6 is 11.3 Å². The van der Waals surface area contributed by atoms with Crippen LogP contribution in [0.2, 0.25) is 0 Å². The van der Waals surface area contributed by atoms with E-state index >= 15 is 0 Å². The Morgan fingerprint density at radius 2 is 1.73 bits per heavy atom. The Labute approximate surface area is 194 Å². The number of ether oxygens (including phenoxy) is 3. The van der Waals surface area contributed by atoms with Gasteiger partial charge in [0.2, 0.25) is 0 Å². The van der Waals surface area contributed by atoms with Crippen molar-refractivity contribution < 1.29 is 28.6 Å². The van der Waals surface area contributed by atoms with E-state index in [1.807, 2.05) is 30.3 Å². The zero-order valence-electron chi connectivity index (χ0n) is 18.1. The van der Waals surface area contributed by atoms with Gasteiger partial charge in [-0.1, -0.05) is 30.3 Å². The molecule has 9 heteroatoms. The molecule has 2 N–H and O–H groups in total. The molecule has 2 aromatic carbocycles. The summed E-state index contributed by atoms with van der Waals surface area (Å²) >= 11 is 1.17. The summed E-state index contributed by atoms with van der Waals surface area (Å²) in [5.41, 5.74) is 8.22. The van der Waals surface area contributed by atoms with Gasteiger partial charge in [0.05, 0.1) is 36.6 Å². The topological polar surface area (TPSA) is 108 Å². The van der Waals surface area contributed by atoms with Gasteiger partial charge < -0.3 is 19.9 Å². The summed E-state index contributed by atoms with van der Waals surface area (Å²) in [7, 11) is 2.79. The molecule has 170 valence electrons. The SMILES string of the molecule is COC(=O)CCN1C(=O)c2c(N)sc(-c3ccc(OCc4ccccc4)c(OC)c3)c2C1=O. The van der Waals surface area contributed by atoms with Crippen molar-refractivity contribution in [1.82, 2.24) is 4.90 Å². The summed E-state index contributed by atoms with van der Waals surface area (Å²) in [6.45, 7) is 0.304. The molecule has 1 aliphatic heterocycles. The van der Waals surface area contributed by atoms with Gasteiger partial charge in [0.25, 0.3) is 11.8 Å². The number of nitrogens with two attached hydrogens (primary N) is 1. The smallest absolute Gasteiger partial charge is 0.307 e. The summed E-state index contributed by atoms with van der Waals surface area (Å²) in [6.07, 6.45) is -0.0851. The zero-order valence-corrected chi connectivity index (χ0v) is 18.9. The molecule has 2 amide bonds. The second kappa shape index (κ2) is 9.33. The standard InChI is InChI=1S/C24H22N2O6S/c1-30-17-12-15(8-9-16(17)32-13-14-6-4-3-5-7-14)21-19-20(22(25)33-21)24(29)26(23(19)28)11-10-18(27)31-2/h3-9,12H,10-11,13,25H2,1-2H3. The Morgan fingerprint density at radius 3 is 2.42 bits per heavy atom. The first-order chi connectivity index (χ1) is 15.9. The van der Waals surface area contributed by atoms with Crippen molar-refractivity contribution in [2.75, 3.05) is 26.5 Å². The lowest BCUT2D eigenvalue weighted by Crippen LogP contribution is -2.32. The minimum Gasteiger partial charge on any atom is -0.493 e. The minimum absolute atomic E-state index is 0.0713. The van der Waals surface area contributed by atoms with E-state index in [1.165, 1.54) is 25.6 Å². The third-order valence-corrected chi connectivity index (χ3v) is 6.35. The second-order valence-corrected chi connectivity index (χ2v) is 8.33. The quantitative estimate of drug-likeness (QED) is 0.398. The number of methoxy groups -OCH3 is 2. The number of imide groups is 1. The third-order valence-electron chi connectivity index (χ3n) is 5.28. The van der Waals surface area contributed by atoms with Crippen molar-refractivity contribution in [3.05, 3.63) is 65.2 Å². The predicted molar refractivity (Wildman–Crippen MR) is 123 cm³/mol. The Kier molecular flexibility index (Phi) is 6.32. The lowest BCUT2D eigenvalue weighted by atomic mass is 10.1. The van der Waals surface area contributed by atoms with Gasteiger partial charge in [0, 0.05) is 6.54 Å². The third kappa shape index (κ3) is 4.27. The fraction of sp³-hybridized carbons (Fsp3) is 0.208. The van der Waals surface area contributed by atoms with Crippen LogP contribution in [0.25, 0.3) is 10.4 Å². The number of amides is 2. The van der Waals surface area contributed by atoms with Crippen molar-refractivity contribution in [1.29, 1.82) is 0 Å². The molecule has 0 fully saturated rings. The molecular weight excluding hydrogens is 444 g/mol. The molecule has 0 unspecified atom stereocenters. The average molecular weight is 467 g/mol. The number of esters is 1. The molecule has 0 aliphatic carbocycles. The van der Waals surface area contributed by atoms with Crippen molar-refractivity contribution >= 4 is 34.1 Å². The molecule has 0 bridgehead atoms. The maximum Gasteiger partial charge on any atom is 0.307 e. The maximum absolute atomic E-state index is 13.0. The Morgan fingerprint density at radius 1 is 1.00 bits per heavy atom. The van der Waals surface area contributed by atoms with Gasteiger partial charge in [-0.3, -0.25) is 19.3 Å². The molecule has 0 saturated carbocycles. The van der Waals surface area contributed by atoms with E-state index in [9.17, 15) is 14.4 Å². The van der Waals surface area contributed by atoms with Crippen molar-refractivity contribution in [3.63, 3.8) is 0 Å². The number of rotatable bonds is 8. The van der Waals surface area contributed by atoms with E-state index in [1.54, 1.807) is 18.2 Å². The van der Waals surface area contributed by atoms with Gasteiger partial charge in [-0.15, -0.1) is 11.3 Å². The maximum atomic E-state index is 13.0. The number of anilines is 1. The van der Waals surface area contributed by atoms with Crippen LogP contribution in [0.4, 0.5) is 5.00 Å². The number of fused-ring (bicyclic) bond motifs is 1. The number of carbonyl (C=O) groups is 3. The fourth-order valence-corrected chi connectivity index (χ4v) is 4.65. The molecule has 33 heavy (non-hydrogen) atoms. The van der Waals surface area contributed by atoms with Gasteiger partial charge in [-0.25, -0.2) is 0 Å². The first kappa shape index (κ1) is 22.3. The number of thiophene rings is 1. The van der Waals surface area contributed by atoms with Gasteiger partial charge in [0.1, 0.15) is 11.6 Å². The summed E-state index contributed by atoms with van der Waals surface area (Å²) in [6, 6.07) is 15.0. The summed E-state index contributed by atoms with van der Waals surface area (Å²) < 4.78 is 16.0. The number of benzene rings is 2. The molecule has 0 spiro atoms. The highest BCUT2D eigenvalue weighted by Crippen LogP contribution is 2.45. The number of hydrogen-bond donors (Lipinski definition) is 1. The molecule has 0 saturated heterocycles. The van der Waals surface area contributed by atoms with Crippen LogP contribution in [0.15, 0.2) is 48.5 Å². The summed E-state index contributed by atoms with van der Waals surface area (Å²) in [4.78, 5) is 38.9. The second-order valence-electron chi connectivity index (χ2n) is 7.27. The highest BCUT2D eigenvalue weighted by Gasteiger charge is 2.41. The molecule has 0 atom stereocenters. The van der Waals surface area contributed by atoms with Crippen LogP contribution in [0.1, 0.15) is 32.7 Å². The van der Waals surface area contributed by atoms with Gasteiger partial charge in [-0.05, 0) is 29.3 Å². The van der Waals surface area contributed by atoms with E-state index in [0.717, 1.165) is 10.5 Å². The molecular formula is C24H22N2O6S. The Hall–Kier alpha value is -3.85. The van der Waals surface area contributed by atoms with Crippen molar-refractivity contribution in [2.24, 2.45) is 0 Å². The average Bonchev–Trinajstić information content (AvgIpc) is 3.31. The van der Waals surface area contributed by atoms with E-state index in [0.29, 0.717) is 28.5 Å². The number of nitrogens with zero attached hydrogens (tertiary/aromatic N) is 1. The normalized spacial score (nSPS) is 12.6. The highest BCUT2D eigenvalue weighted by atomic mass is 32.1. The first-order valence-electron chi connectivity index (χ1n) is 10.1. The number of hydrogen-bond acceptors (Lipinski definition) is 8. The van der Waals surface area contributed by atoms with Gasteiger partial charge in [0.15, 0.2) is 11.5 Å². The van der Waals surface area contributed by atoms with Crippen LogP contribution in [-0.2, 0) is 16.1 Å². The Bertz CT molecular complexity index is 1220. The molecule has 1 aliphatic rings. The summed E-state index contributed by atoms with van der Waals surface area (Å²) in [5.74, 6) is -0.454. The van der Waals surface area contributed by atoms with Crippen LogP contribution in [-0.4, -0.2) is 43.4 Å². The van der Waals surface area contributed by atoms with Gasteiger partial charge in [-0.2, -0.15) is 0 Å². The lowest BCUT2D eigenvalue weighted by molar-refractivity contribution is -0.140. The van der Waals surface area contributed by atoms with E-state index in [2.05, 4.69) is 4.74 Å². The molecule has 4 rings (SSSR count). The van der Waals surface area contributed by atoms with E-state index < -0.39 is 17.8 Å². The van der Waals surface area contributed by atoms with Crippen molar-refractivity contribution in [3.8, 4) is 21.9 Å². The van der Waals surface area contributed by atoms with Crippen molar-refractivity contribution in [2.45, 2.75) is 13.0 Å². The summed E-state index contributed by atoms with van der Waals surface area (Å²) in [5, 5.41) is 0.252. The van der Waals surface area contributed by atoms with Crippen LogP contribution < -0.4 is 15.2 Å². The minimum atomic E-state index is -0.506. The largest absolute Gasteiger partial charge is 0.493 e. The highest BCUT2D eigenvalue weighted by molar-refractivity contribution is 7.20. The van der Waals surface area contributed by atoms with E-state index in [-0.39, 0.29) is 29.1 Å². The molecule has 2 heterocycles. The monoisotopic (exact) mass is 466 g/mol. The van der Waals surface area contributed by atoms with Crippen LogP contribution in [0, 0.1) is 0 Å². The molecule has 8 nitrogen and oxygen atoms in total. The van der Waals surface area contributed by atoms with Gasteiger partial charge >= 0.3 is 5.97 Å². The molecule has 0 radical (unpaired) electrons. The molecule has 1 aromatic heterocycles. The van der Waals surface area contributed by atoms with Crippen LogP contribution in [0.3, 0.4) is 0 Å². The van der Waals surface area contributed by atoms with E-state index in [4.69, 9.17) is 15.2 Å². The first-order valence-corrected chi connectivity index (χ1v) is 11.0. The fourth-order valence-electron chi connectivity index (χ4n) is 3.60. The lowest BCUT2D eigenvalue weighted by Gasteiger charge is -2.14. The van der Waals surface area contributed by atoms with Crippen LogP contribution in [0.5, 0.6) is 11.5 Å².